The second kappa shape index (κ2) is 7.19. The van der Waals surface area contributed by atoms with Gasteiger partial charge in [-0.1, -0.05) is 44.7 Å². The van der Waals surface area contributed by atoms with Gasteiger partial charge in [0.05, 0.1) is 0 Å². The van der Waals surface area contributed by atoms with Gasteiger partial charge in [-0.15, -0.1) is 0 Å². The molecule has 0 amide bonds. The molecule has 0 spiro atoms. The van der Waals surface area contributed by atoms with Crippen molar-refractivity contribution in [3.63, 3.8) is 0 Å². The van der Waals surface area contributed by atoms with E-state index in [4.69, 9.17) is 19.9 Å². The minimum atomic E-state index is -0.935. The van der Waals surface area contributed by atoms with Gasteiger partial charge in [0.1, 0.15) is 0 Å². The fourth-order valence-electron chi connectivity index (χ4n) is 2.12. The van der Waals surface area contributed by atoms with E-state index in [1.807, 2.05) is 48.5 Å². The molecule has 2 aromatic rings. The summed E-state index contributed by atoms with van der Waals surface area (Å²) in [6, 6.07) is 15.6. The Morgan fingerprint density at radius 3 is 1.54 bits per heavy atom. The summed E-state index contributed by atoms with van der Waals surface area (Å²) in [7, 11) is 0. The van der Waals surface area contributed by atoms with Crippen molar-refractivity contribution in [2.75, 3.05) is 0 Å². The van der Waals surface area contributed by atoms with Crippen molar-refractivity contribution in [2.24, 2.45) is 0 Å². The Labute approximate surface area is 141 Å². The third-order valence-electron chi connectivity index (χ3n) is 3.78. The maximum atomic E-state index is 9.60. The van der Waals surface area contributed by atoms with E-state index in [1.165, 1.54) is 18.1 Å². The summed E-state index contributed by atoms with van der Waals surface area (Å²) in [4.78, 5) is 19.7. The number of hydrogen-bond donors (Lipinski definition) is 1. The van der Waals surface area contributed by atoms with Crippen LogP contribution in [-0.2, 0) is 15.2 Å². The lowest BCUT2D eigenvalue weighted by Gasteiger charge is -2.26. The zero-order chi connectivity index (χ0) is 17.7. The van der Waals surface area contributed by atoms with E-state index < -0.39 is 5.97 Å². The van der Waals surface area contributed by atoms with E-state index in [0.717, 1.165) is 0 Å². The molecular formula is C19H20O5. The van der Waals surface area contributed by atoms with E-state index in [1.54, 1.807) is 0 Å². The number of benzene rings is 2. The topological polar surface area (TPSA) is 65.0 Å². The number of aliphatic carboxylic acids is 1. The lowest BCUT2D eigenvalue weighted by Crippen LogP contribution is -2.19. The third-order valence-corrected chi connectivity index (χ3v) is 3.78. The molecule has 5 nitrogen and oxygen atoms in total. The van der Waals surface area contributed by atoms with Crippen molar-refractivity contribution >= 4 is 5.97 Å². The van der Waals surface area contributed by atoms with Crippen LogP contribution in [0.25, 0.3) is 0 Å². The minimum Gasteiger partial charge on any atom is -0.478 e. The highest BCUT2D eigenvalue weighted by molar-refractivity contribution is 5.84. The predicted molar refractivity (Wildman–Crippen MR) is 89.8 cm³/mol. The van der Waals surface area contributed by atoms with Crippen LogP contribution in [0.4, 0.5) is 0 Å². The van der Waals surface area contributed by atoms with Gasteiger partial charge in [-0.2, -0.15) is 0 Å². The molecule has 4 aliphatic rings. The van der Waals surface area contributed by atoms with E-state index in [0.29, 0.717) is 11.5 Å². The smallest absolute Gasteiger partial charge is 0.330 e. The Kier molecular flexibility index (Phi) is 5.26. The molecule has 4 aliphatic heterocycles. The first-order valence-corrected chi connectivity index (χ1v) is 7.42. The summed E-state index contributed by atoms with van der Waals surface area (Å²) in [5, 5.41) is 12.6. The van der Waals surface area contributed by atoms with Crippen LogP contribution in [0, 0.1) is 0 Å². The Morgan fingerprint density at radius 2 is 1.25 bits per heavy atom. The molecule has 4 heterocycles. The molecule has 1 N–H and O–H groups in total. The van der Waals surface area contributed by atoms with Crippen LogP contribution in [0.15, 0.2) is 60.7 Å². The molecular weight excluding hydrogens is 308 g/mol. The fraction of sp³-hybridized carbons (Fsp3) is 0.211. The van der Waals surface area contributed by atoms with Crippen LogP contribution in [0.3, 0.4) is 0 Å². The predicted octanol–water partition coefficient (Wildman–Crippen LogP) is 4.28. The molecule has 0 radical (unpaired) electrons. The molecule has 5 heteroatoms. The summed E-state index contributed by atoms with van der Waals surface area (Å²) in [5.41, 5.74) is 2.57. The van der Waals surface area contributed by atoms with Crippen LogP contribution in [0.1, 0.15) is 31.9 Å². The van der Waals surface area contributed by atoms with Gasteiger partial charge in [0.15, 0.2) is 11.5 Å². The molecule has 0 unspecified atom stereocenters. The van der Waals surface area contributed by atoms with E-state index in [-0.39, 0.29) is 11.0 Å². The SMILES string of the molecule is C=C(C)C(=O)O.CC1(C)c2ccc(cc2)OOOc2ccc1cc2. The lowest BCUT2D eigenvalue weighted by atomic mass is 9.78. The van der Waals surface area contributed by atoms with Crippen molar-refractivity contribution in [1.82, 2.24) is 0 Å². The first-order valence-electron chi connectivity index (χ1n) is 7.42. The molecule has 24 heavy (non-hydrogen) atoms. The van der Waals surface area contributed by atoms with Crippen LogP contribution >= 0.6 is 0 Å². The summed E-state index contributed by atoms with van der Waals surface area (Å²) >= 11 is 0. The summed E-state index contributed by atoms with van der Waals surface area (Å²) in [5.74, 6) is 0.295. The van der Waals surface area contributed by atoms with E-state index in [2.05, 4.69) is 20.4 Å². The van der Waals surface area contributed by atoms with Crippen LogP contribution < -0.4 is 9.78 Å². The molecule has 6 rings (SSSR count). The van der Waals surface area contributed by atoms with E-state index in [9.17, 15) is 4.79 Å². The molecule has 126 valence electrons. The van der Waals surface area contributed by atoms with Gasteiger partial charge in [-0.3, -0.25) is 9.78 Å². The third kappa shape index (κ3) is 4.14. The largest absolute Gasteiger partial charge is 0.478 e. The summed E-state index contributed by atoms with van der Waals surface area (Å²) in [6.07, 6.45) is 0. The second-order valence-electron chi connectivity index (χ2n) is 5.99. The van der Waals surface area contributed by atoms with Crippen LogP contribution in [0.2, 0.25) is 0 Å². The highest BCUT2D eigenvalue weighted by Crippen LogP contribution is 2.33. The van der Waals surface area contributed by atoms with Crippen molar-refractivity contribution in [3.8, 4) is 11.5 Å². The molecule has 2 aromatic carbocycles. The summed E-state index contributed by atoms with van der Waals surface area (Å²) < 4.78 is 0. The highest BCUT2D eigenvalue weighted by Gasteiger charge is 2.23. The highest BCUT2D eigenvalue weighted by atomic mass is 17.5. The number of carboxylic acid groups (broad SMARTS) is 1. The number of hydrogen-bond acceptors (Lipinski definition) is 4. The van der Waals surface area contributed by atoms with Gasteiger partial charge < -0.3 is 5.11 Å². The first-order chi connectivity index (χ1) is 11.3. The van der Waals surface area contributed by atoms with Crippen LogP contribution in [0.5, 0.6) is 11.5 Å². The second-order valence-corrected chi connectivity index (χ2v) is 5.99. The number of carboxylic acids is 1. The monoisotopic (exact) mass is 328 g/mol. The standard InChI is InChI=1S/C15H14O3.C4H6O2/c1-15(2)11-3-7-13(8-4-11)16-18-17-14-9-5-12(15)6-10-14;1-3(2)4(5)6/h3-10H,1-2H3;1H2,2H3,(H,5,6). The maximum Gasteiger partial charge on any atom is 0.330 e. The molecule has 0 aromatic heterocycles. The van der Waals surface area contributed by atoms with Crippen molar-refractivity contribution < 1.29 is 24.7 Å². The van der Waals surface area contributed by atoms with E-state index >= 15 is 0 Å². The Hall–Kier alpha value is -2.79. The summed E-state index contributed by atoms with van der Waals surface area (Å²) in [6.45, 7) is 8.99. The van der Waals surface area contributed by atoms with Crippen molar-refractivity contribution in [2.45, 2.75) is 26.2 Å². The van der Waals surface area contributed by atoms with Gasteiger partial charge in [0, 0.05) is 16.0 Å². The zero-order valence-electron chi connectivity index (χ0n) is 13.9. The van der Waals surface area contributed by atoms with Gasteiger partial charge in [-0.25, -0.2) is 4.79 Å². The quantitative estimate of drug-likeness (QED) is 0.625. The molecule has 0 saturated heterocycles. The normalized spacial score (nSPS) is 14.1. The molecule has 0 atom stereocenters. The van der Waals surface area contributed by atoms with Gasteiger partial charge >= 0.3 is 5.97 Å². The zero-order valence-corrected chi connectivity index (χ0v) is 13.9. The van der Waals surface area contributed by atoms with Gasteiger partial charge in [-0.05, 0) is 42.3 Å². The first kappa shape index (κ1) is 17.6. The maximum absolute atomic E-state index is 9.60. The average molecular weight is 328 g/mol. The van der Waals surface area contributed by atoms with Crippen molar-refractivity contribution in [3.05, 3.63) is 71.8 Å². The molecule has 4 bridgehead atoms. The number of rotatable bonds is 1. The van der Waals surface area contributed by atoms with Crippen molar-refractivity contribution in [1.29, 1.82) is 0 Å². The lowest BCUT2D eigenvalue weighted by molar-refractivity contribution is -0.411. The fourth-order valence-corrected chi connectivity index (χ4v) is 2.12. The molecule has 0 fully saturated rings. The minimum absolute atomic E-state index is 0.0584. The average Bonchev–Trinajstić information content (AvgIpc) is 2.55. The van der Waals surface area contributed by atoms with Crippen LogP contribution in [-0.4, -0.2) is 11.1 Å². The Morgan fingerprint density at radius 1 is 0.917 bits per heavy atom. The van der Waals surface area contributed by atoms with Gasteiger partial charge in [0.25, 0.3) is 0 Å². The Balaban J connectivity index is 0.000000301. The molecule has 0 saturated carbocycles. The Bertz CT molecular complexity index is 653. The van der Waals surface area contributed by atoms with Gasteiger partial charge in [0.2, 0.25) is 0 Å². The molecule has 0 aliphatic carbocycles. The number of carbonyl (C=O) groups is 1.